The van der Waals surface area contributed by atoms with Crippen molar-refractivity contribution in [2.75, 3.05) is 0 Å². The Labute approximate surface area is 57.7 Å². The summed E-state index contributed by atoms with van der Waals surface area (Å²) in [7, 11) is 0. The van der Waals surface area contributed by atoms with Crippen molar-refractivity contribution in [1.82, 2.24) is 0 Å². The van der Waals surface area contributed by atoms with Crippen molar-refractivity contribution in [3.8, 4) is 0 Å². The Morgan fingerprint density at radius 2 is 1.75 bits per heavy atom. The van der Waals surface area contributed by atoms with Crippen LogP contribution >= 0.6 is 0 Å². The first kappa shape index (κ1) is 11.1. The molecular formula is C7H20Si. The van der Waals surface area contributed by atoms with Crippen LogP contribution in [0.25, 0.3) is 0 Å². The molecule has 0 N–H and O–H groups in total. The minimum atomic E-state index is 0. The van der Waals surface area contributed by atoms with Gasteiger partial charge >= 0.3 is 0 Å². The second kappa shape index (κ2) is 7.22. The predicted octanol–water partition coefficient (Wildman–Crippen LogP) is 1.38. The van der Waals surface area contributed by atoms with Crippen LogP contribution < -0.4 is 0 Å². The molecular weight excluding hydrogens is 112 g/mol. The maximum absolute atomic E-state index is 2.27. The monoisotopic (exact) mass is 132 g/mol. The molecule has 0 rings (SSSR count). The predicted molar refractivity (Wildman–Crippen MR) is 45.7 cm³/mol. The van der Waals surface area contributed by atoms with E-state index >= 15 is 0 Å². The average molecular weight is 132 g/mol. The molecule has 0 aliphatic heterocycles. The summed E-state index contributed by atoms with van der Waals surface area (Å²) in [6.07, 6.45) is 4.15. The summed E-state index contributed by atoms with van der Waals surface area (Å²) in [4.78, 5) is 0. The van der Waals surface area contributed by atoms with Crippen molar-refractivity contribution >= 4 is 11.0 Å². The van der Waals surface area contributed by atoms with Crippen LogP contribution in [0.5, 0.6) is 0 Å². The first-order valence-corrected chi connectivity index (χ1v) is 3.27. The Balaban J connectivity index is 0. The quantitative estimate of drug-likeness (QED) is 0.509. The minimum absolute atomic E-state index is 0. The van der Waals surface area contributed by atoms with Crippen LogP contribution in [0.2, 0.25) is 0 Å². The van der Waals surface area contributed by atoms with Gasteiger partial charge in [-0.15, -0.1) is 0 Å². The Kier molecular flexibility index (Phi) is 9.99. The summed E-state index contributed by atoms with van der Waals surface area (Å²) < 4.78 is 0. The van der Waals surface area contributed by atoms with Gasteiger partial charge in [-0.3, -0.25) is 0 Å². The lowest BCUT2D eigenvalue weighted by atomic mass is 10.1. The molecule has 52 valence electrons. The van der Waals surface area contributed by atoms with Gasteiger partial charge in [-0.25, -0.2) is 0 Å². The molecule has 0 amide bonds. The second-order valence-electron chi connectivity index (χ2n) is 2.54. The van der Waals surface area contributed by atoms with Gasteiger partial charge in [-0.05, 0) is 16.9 Å². The van der Waals surface area contributed by atoms with E-state index in [1.165, 1.54) is 19.3 Å². The lowest BCUT2D eigenvalue weighted by Gasteiger charge is -1.98. The van der Waals surface area contributed by atoms with Crippen LogP contribution in [-0.2, 0) is 0 Å². The first-order valence-electron chi connectivity index (χ1n) is 3.27. The molecule has 0 spiro atoms. The fourth-order valence-corrected chi connectivity index (χ4v) is 0.612. The van der Waals surface area contributed by atoms with E-state index in [0.29, 0.717) is 0 Å². The van der Waals surface area contributed by atoms with Crippen LogP contribution in [0.4, 0.5) is 0 Å². The van der Waals surface area contributed by atoms with Crippen molar-refractivity contribution in [3.63, 3.8) is 0 Å². The summed E-state index contributed by atoms with van der Waals surface area (Å²) >= 11 is 0. The van der Waals surface area contributed by atoms with E-state index in [2.05, 4.69) is 20.8 Å². The fourth-order valence-electron chi connectivity index (χ4n) is 0.612. The number of hydrogen-bond acceptors (Lipinski definition) is 0. The molecule has 0 saturated carbocycles. The standard InChI is InChI=1S/C7H16.H4Si/c1-4-5-6-7(2)3;/h7H,4-6H2,1-3H3;1H4. The number of rotatable bonds is 3. The summed E-state index contributed by atoms with van der Waals surface area (Å²) in [5.74, 6) is 0.903. The van der Waals surface area contributed by atoms with Crippen LogP contribution in [-0.4, -0.2) is 11.0 Å². The van der Waals surface area contributed by atoms with E-state index < -0.39 is 0 Å². The largest absolute Gasteiger partial charge is 0.0654 e. The zero-order valence-corrected chi connectivity index (χ0v) is 5.70. The molecule has 0 heterocycles. The summed E-state index contributed by atoms with van der Waals surface area (Å²) in [6, 6.07) is 0. The number of hydrogen-bond donors (Lipinski definition) is 0. The fraction of sp³-hybridized carbons (Fsp3) is 1.00. The van der Waals surface area contributed by atoms with E-state index in [-0.39, 0.29) is 11.0 Å². The minimum Gasteiger partial charge on any atom is -0.0654 e. The van der Waals surface area contributed by atoms with Gasteiger partial charge in [0.2, 0.25) is 0 Å². The Hall–Kier alpha value is 0.217. The third-order valence-electron chi connectivity index (χ3n) is 1.14. The maximum Gasteiger partial charge on any atom is -0.0149 e. The zero-order valence-electron chi connectivity index (χ0n) is 5.70. The average Bonchev–Trinajstić information content (AvgIpc) is 1.61. The zero-order chi connectivity index (χ0) is 5.70. The van der Waals surface area contributed by atoms with Crippen molar-refractivity contribution in [3.05, 3.63) is 0 Å². The Morgan fingerprint density at radius 3 is 1.88 bits per heavy atom. The Morgan fingerprint density at radius 1 is 1.25 bits per heavy atom. The molecule has 0 aromatic carbocycles. The van der Waals surface area contributed by atoms with Crippen molar-refractivity contribution < 1.29 is 0 Å². The summed E-state index contributed by atoms with van der Waals surface area (Å²) in [5, 5.41) is 0. The molecule has 0 bridgehead atoms. The molecule has 0 fully saturated rings. The number of unbranched alkanes of at least 4 members (excludes halogenated alkanes) is 1. The van der Waals surface area contributed by atoms with Crippen molar-refractivity contribution in [1.29, 1.82) is 0 Å². The topological polar surface area (TPSA) is 0 Å². The maximum atomic E-state index is 2.27. The lowest BCUT2D eigenvalue weighted by molar-refractivity contribution is 0.550. The second-order valence-corrected chi connectivity index (χ2v) is 2.54. The van der Waals surface area contributed by atoms with E-state index in [1.807, 2.05) is 0 Å². The van der Waals surface area contributed by atoms with Crippen LogP contribution in [0.3, 0.4) is 0 Å². The van der Waals surface area contributed by atoms with E-state index in [1.54, 1.807) is 0 Å². The normalized spacial score (nSPS) is 9.00. The van der Waals surface area contributed by atoms with Gasteiger partial charge in [0.05, 0.1) is 0 Å². The van der Waals surface area contributed by atoms with Gasteiger partial charge < -0.3 is 0 Å². The molecule has 0 aromatic heterocycles. The van der Waals surface area contributed by atoms with E-state index in [9.17, 15) is 0 Å². The molecule has 0 saturated heterocycles. The van der Waals surface area contributed by atoms with Crippen LogP contribution in [0.15, 0.2) is 0 Å². The van der Waals surface area contributed by atoms with E-state index in [0.717, 1.165) is 5.92 Å². The highest BCUT2D eigenvalue weighted by Gasteiger charge is 1.88. The first-order chi connectivity index (χ1) is 3.27. The third kappa shape index (κ3) is 9.52. The van der Waals surface area contributed by atoms with Gasteiger partial charge in [-0.1, -0.05) is 40.0 Å². The smallest absolute Gasteiger partial charge is 0.0149 e. The molecule has 1 heteroatoms. The van der Waals surface area contributed by atoms with Crippen LogP contribution in [0, 0.1) is 5.92 Å². The van der Waals surface area contributed by atoms with Crippen molar-refractivity contribution in [2.24, 2.45) is 5.92 Å². The Bertz CT molecular complexity index is 33.4. The van der Waals surface area contributed by atoms with Gasteiger partial charge in [0.15, 0.2) is 0 Å². The molecule has 0 unspecified atom stereocenters. The lowest BCUT2D eigenvalue weighted by Crippen LogP contribution is -1.83. The van der Waals surface area contributed by atoms with Crippen LogP contribution in [0.1, 0.15) is 40.0 Å². The highest BCUT2D eigenvalue weighted by molar-refractivity contribution is 5.75. The molecule has 0 aliphatic carbocycles. The van der Waals surface area contributed by atoms with E-state index in [4.69, 9.17) is 0 Å². The molecule has 0 aromatic rings. The SMILES string of the molecule is CCCCC(C)C.[SiH4]. The summed E-state index contributed by atoms with van der Waals surface area (Å²) in [5.41, 5.74) is 0. The molecule has 8 heavy (non-hydrogen) atoms. The molecule has 0 radical (unpaired) electrons. The van der Waals surface area contributed by atoms with Gasteiger partial charge in [0, 0.05) is 0 Å². The van der Waals surface area contributed by atoms with Gasteiger partial charge in [0.25, 0.3) is 0 Å². The molecule has 0 nitrogen and oxygen atoms in total. The third-order valence-corrected chi connectivity index (χ3v) is 1.14. The molecule has 0 atom stereocenters. The van der Waals surface area contributed by atoms with Gasteiger partial charge in [-0.2, -0.15) is 0 Å². The van der Waals surface area contributed by atoms with Gasteiger partial charge in [0.1, 0.15) is 0 Å². The molecule has 0 aliphatic rings. The highest BCUT2D eigenvalue weighted by Crippen LogP contribution is 2.04. The summed E-state index contributed by atoms with van der Waals surface area (Å²) in [6.45, 7) is 6.79. The van der Waals surface area contributed by atoms with Crippen molar-refractivity contribution in [2.45, 2.75) is 40.0 Å². The highest BCUT2D eigenvalue weighted by atomic mass is 28.1.